The molecule has 0 saturated heterocycles. The highest BCUT2D eigenvalue weighted by Gasteiger charge is 2.19. The molecule has 1 unspecified atom stereocenters. The van der Waals surface area contributed by atoms with Crippen LogP contribution in [0.2, 0.25) is 0 Å². The quantitative estimate of drug-likeness (QED) is 0.915. The zero-order valence-corrected chi connectivity index (χ0v) is 11.3. The van der Waals surface area contributed by atoms with Crippen molar-refractivity contribution in [1.82, 2.24) is 0 Å². The minimum absolute atomic E-state index is 0.0820. The molecular formula is C17H16N2O. The summed E-state index contributed by atoms with van der Waals surface area (Å²) in [5, 5.41) is 11.9. The van der Waals surface area contributed by atoms with Gasteiger partial charge in [0, 0.05) is 0 Å². The molecule has 1 N–H and O–H groups in total. The Kier molecular flexibility index (Phi) is 4.52. The maximum Gasteiger partial charge on any atom is 0.231 e. The van der Waals surface area contributed by atoms with Crippen LogP contribution in [0.3, 0.4) is 0 Å². The summed E-state index contributed by atoms with van der Waals surface area (Å²) in [4.78, 5) is 12.4. The highest BCUT2D eigenvalue weighted by molar-refractivity contribution is 5.96. The van der Waals surface area contributed by atoms with Crippen LogP contribution in [0.1, 0.15) is 30.4 Å². The van der Waals surface area contributed by atoms with Gasteiger partial charge >= 0.3 is 0 Å². The second kappa shape index (κ2) is 6.53. The summed E-state index contributed by atoms with van der Waals surface area (Å²) < 4.78 is 0. The molecular weight excluding hydrogens is 248 g/mol. The number of carbonyl (C=O) groups is 1. The normalized spacial score (nSPS) is 11.4. The van der Waals surface area contributed by atoms with Crippen LogP contribution in [0.5, 0.6) is 0 Å². The molecule has 0 fully saturated rings. The lowest BCUT2D eigenvalue weighted by Crippen LogP contribution is -2.21. The average molecular weight is 264 g/mol. The lowest BCUT2D eigenvalue weighted by Gasteiger charge is -2.16. The van der Waals surface area contributed by atoms with Crippen molar-refractivity contribution in [1.29, 1.82) is 5.26 Å². The van der Waals surface area contributed by atoms with E-state index in [4.69, 9.17) is 5.26 Å². The maximum absolute atomic E-state index is 12.4. The van der Waals surface area contributed by atoms with Crippen LogP contribution in [0.4, 0.5) is 5.69 Å². The highest BCUT2D eigenvalue weighted by Crippen LogP contribution is 2.22. The van der Waals surface area contributed by atoms with Gasteiger partial charge in [-0.25, -0.2) is 0 Å². The second-order valence-corrected chi connectivity index (χ2v) is 4.52. The number of hydrogen-bond donors (Lipinski definition) is 1. The summed E-state index contributed by atoms with van der Waals surface area (Å²) in [5.41, 5.74) is 2.03. The number of nitrogens with zero attached hydrogens (tertiary/aromatic N) is 1. The number of hydrogen-bond acceptors (Lipinski definition) is 2. The largest absolute Gasteiger partial charge is 0.324 e. The Labute approximate surface area is 118 Å². The summed E-state index contributed by atoms with van der Waals surface area (Å²) in [6.45, 7) is 1.98. The highest BCUT2D eigenvalue weighted by atomic mass is 16.1. The van der Waals surface area contributed by atoms with Crippen molar-refractivity contribution in [2.45, 2.75) is 19.3 Å². The predicted octanol–water partition coefficient (Wildman–Crippen LogP) is 3.69. The Hall–Kier alpha value is -2.60. The Morgan fingerprint density at radius 3 is 2.45 bits per heavy atom. The van der Waals surface area contributed by atoms with Crippen molar-refractivity contribution in [2.24, 2.45) is 0 Å². The Bertz CT molecular complexity index is 629. The molecule has 100 valence electrons. The fraction of sp³-hybridized carbons (Fsp3) is 0.176. The fourth-order valence-electron chi connectivity index (χ4n) is 2.17. The molecule has 1 atom stereocenters. The van der Waals surface area contributed by atoms with Gasteiger partial charge in [-0.15, -0.1) is 0 Å². The first kappa shape index (κ1) is 13.8. The third-order valence-electron chi connectivity index (χ3n) is 3.23. The molecule has 3 heteroatoms. The number of anilines is 1. The van der Waals surface area contributed by atoms with Crippen molar-refractivity contribution in [3.05, 3.63) is 65.7 Å². The summed E-state index contributed by atoms with van der Waals surface area (Å²) >= 11 is 0. The minimum atomic E-state index is -0.206. The van der Waals surface area contributed by atoms with Gasteiger partial charge in [0.1, 0.15) is 6.07 Å². The van der Waals surface area contributed by atoms with E-state index in [1.165, 1.54) is 0 Å². The van der Waals surface area contributed by atoms with Crippen LogP contribution < -0.4 is 5.32 Å². The lowest BCUT2D eigenvalue weighted by molar-refractivity contribution is -0.117. The van der Waals surface area contributed by atoms with Crippen LogP contribution in [-0.4, -0.2) is 5.91 Å². The number of rotatable bonds is 4. The monoisotopic (exact) mass is 264 g/mol. The molecule has 0 aromatic heterocycles. The molecule has 2 aromatic rings. The van der Waals surface area contributed by atoms with Gasteiger partial charge < -0.3 is 5.32 Å². The summed E-state index contributed by atoms with van der Waals surface area (Å²) in [5.74, 6) is -0.288. The molecule has 0 aliphatic rings. The Morgan fingerprint density at radius 1 is 1.15 bits per heavy atom. The van der Waals surface area contributed by atoms with Crippen LogP contribution >= 0.6 is 0 Å². The minimum Gasteiger partial charge on any atom is -0.324 e. The molecule has 0 radical (unpaired) electrons. The number of nitriles is 1. The van der Waals surface area contributed by atoms with Crippen LogP contribution in [0, 0.1) is 11.3 Å². The van der Waals surface area contributed by atoms with Crippen molar-refractivity contribution in [3.8, 4) is 6.07 Å². The third kappa shape index (κ3) is 3.04. The number of benzene rings is 2. The third-order valence-corrected chi connectivity index (χ3v) is 3.23. The SMILES string of the molecule is CCC(C(=O)Nc1ccccc1C#N)c1ccccc1. The van der Waals surface area contributed by atoms with Crippen LogP contribution in [0.15, 0.2) is 54.6 Å². The summed E-state index contributed by atoms with van der Waals surface area (Å²) in [6.07, 6.45) is 0.713. The van der Waals surface area contributed by atoms with E-state index in [1.54, 1.807) is 24.3 Å². The number of carbonyl (C=O) groups excluding carboxylic acids is 1. The van der Waals surface area contributed by atoms with E-state index in [2.05, 4.69) is 11.4 Å². The van der Waals surface area contributed by atoms with Crippen molar-refractivity contribution in [3.63, 3.8) is 0 Å². The first-order valence-corrected chi connectivity index (χ1v) is 6.61. The molecule has 0 aliphatic carbocycles. The molecule has 0 heterocycles. The zero-order chi connectivity index (χ0) is 14.4. The van der Waals surface area contributed by atoms with Crippen LogP contribution in [-0.2, 0) is 4.79 Å². The van der Waals surface area contributed by atoms with Gasteiger partial charge in [-0.3, -0.25) is 4.79 Å². The van der Waals surface area contributed by atoms with Gasteiger partial charge in [0.15, 0.2) is 0 Å². The van der Waals surface area contributed by atoms with E-state index in [-0.39, 0.29) is 11.8 Å². The number of amides is 1. The zero-order valence-electron chi connectivity index (χ0n) is 11.3. The number of para-hydroxylation sites is 1. The Morgan fingerprint density at radius 2 is 1.80 bits per heavy atom. The smallest absolute Gasteiger partial charge is 0.231 e. The first-order valence-electron chi connectivity index (χ1n) is 6.61. The van der Waals surface area contributed by atoms with Gasteiger partial charge in [0.2, 0.25) is 5.91 Å². The first-order chi connectivity index (χ1) is 9.76. The molecule has 2 aromatic carbocycles. The number of nitrogens with one attached hydrogen (secondary N) is 1. The molecule has 20 heavy (non-hydrogen) atoms. The maximum atomic E-state index is 12.4. The van der Waals surface area contributed by atoms with Gasteiger partial charge in [-0.05, 0) is 24.1 Å². The topological polar surface area (TPSA) is 52.9 Å². The van der Waals surface area contributed by atoms with Crippen molar-refractivity contribution in [2.75, 3.05) is 5.32 Å². The van der Waals surface area contributed by atoms with E-state index >= 15 is 0 Å². The van der Waals surface area contributed by atoms with Crippen LogP contribution in [0.25, 0.3) is 0 Å². The lowest BCUT2D eigenvalue weighted by atomic mass is 9.95. The van der Waals surface area contributed by atoms with E-state index in [1.807, 2.05) is 37.3 Å². The molecule has 2 rings (SSSR count). The molecule has 0 saturated carbocycles. The van der Waals surface area contributed by atoms with Crippen molar-refractivity contribution >= 4 is 11.6 Å². The molecule has 0 spiro atoms. The van der Waals surface area contributed by atoms with Gasteiger partial charge in [0.05, 0.1) is 17.2 Å². The molecule has 0 aliphatic heterocycles. The molecule has 0 bridgehead atoms. The average Bonchev–Trinajstić information content (AvgIpc) is 2.49. The summed E-state index contributed by atoms with van der Waals surface area (Å²) in [6, 6.07) is 18.8. The van der Waals surface area contributed by atoms with E-state index in [0.717, 1.165) is 5.56 Å². The fourth-order valence-corrected chi connectivity index (χ4v) is 2.17. The summed E-state index contributed by atoms with van der Waals surface area (Å²) in [7, 11) is 0. The predicted molar refractivity (Wildman–Crippen MR) is 79.3 cm³/mol. The second-order valence-electron chi connectivity index (χ2n) is 4.52. The standard InChI is InChI=1S/C17H16N2O/c1-2-15(13-8-4-3-5-9-13)17(20)19-16-11-7-6-10-14(16)12-18/h3-11,15H,2H2,1H3,(H,19,20). The molecule has 1 amide bonds. The molecule has 3 nitrogen and oxygen atoms in total. The van der Waals surface area contributed by atoms with E-state index < -0.39 is 0 Å². The Balaban J connectivity index is 2.21. The van der Waals surface area contributed by atoms with Gasteiger partial charge in [0.25, 0.3) is 0 Å². The van der Waals surface area contributed by atoms with Gasteiger partial charge in [-0.2, -0.15) is 5.26 Å². The van der Waals surface area contributed by atoms with E-state index in [9.17, 15) is 4.79 Å². The van der Waals surface area contributed by atoms with Crippen molar-refractivity contribution < 1.29 is 4.79 Å². The van der Waals surface area contributed by atoms with E-state index in [0.29, 0.717) is 17.7 Å². The van der Waals surface area contributed by atoms with Gasteiger partial charge in [-0.1, -0.05) is 49.4 Å².